The first-order valence-corrected chi connectivity index (χ1v) is 9.86. The first kappa shape index (κ1) is 20.9. The van der Waals surface area contributed by atoms with Gasteiger partial charge in [-0.1, -0.05) is 41.9 Å². The van der Waals surface area contributed by atoms with Gasteiger partial charge in [0.05, 0.1) is 24.2 Å². The van der Waals surface area contributed by atoms with Gasteiger partial charge in [-0.05, 0) is 44.0 Å². The number of methoxy groups -OCH3 is 1. The summed E-state index contributed by atoms with van der Waals surface area (Å²) in [5, 5.41) is 8.71. The zero-order valence-electron chi connectivity index (χ0n) is 16.8. The molecule has 152 valence electrons. The number of rotatable bonds is 8. The number of aryl methyl sites for hydroxylation is 1. The minimum absolute atomic E-state index is 0.00386. The number of aromatic nitrogens is 2. The van der Waals surface area contributed by atoms with E-state index in [9.17, 15) is 4.79 Å². The summed E-state index contributed by atoms with van der Waals surface area (Å²) in [5.74, 6) is 1.52. The molecule has 0 saturated heterocycles. The largest absolute Gasteiger partial charge is 0.496 e. The molecule has 7 heteroatoms. The summed E-state index contributed by atoms with van der Waals surface area (Å²) >= 11 is 6.20. The number of ether oxygens (including phenoxy) is 1. The molecule has 3 rings (SSSR count). The summed E-state index contributed by atoms with van der Waals surface area (Å²) in [6.45, 7) is 4.18. The highest BCUT2D eigenvalue weighted by molar-refractivity contribution is 6.33. The highest BCUT2D eigenvalue weighted by Crippen LogP contribution is 2.27. The Bertz CT molecular complexity index is 971. The van der Waals surface area contributed by atoms with E-state index in [0.717, 1.165) is 11.3 Å². The molecule has 0 spiro atoms. The van der Waals surface area contributed by atoms with E-state index in [1.807, 2.05) is 56.3 Å². The lowest BCUT2D eigenvalue weighted by Gasteiger charge is -2.25. The zero-order chi connectivity index (χ0) is 20.8. The zero-order valence-corrected chi connectivity index (χ0v) is 17.5. The number of benzene rings is 2. The summed E-state index contributed by atoms with van der Waals surface area (Å²) in [6, 6.07) is 15.0. The summed E-state index contributed by atoms with van der Waals surface area (Å²) < 4.78 is 11.1. The highest BCUT2D eigenvalue weighted by atomic mass is 35.5. The van der Waals surface area contributed by atoms with Gasteiger partial charge in [0.15, 0.2) is 0 Å². The third kappa shape index (κ3) is 5.15. The highest BCUT2D eigenvalue weighted by Gasteiger charge is 2.21. The predicted octanol–water partition coefficient (Wildman–Crippen LogP) is 4.77. The van der Waals surface area contributed by atoms with Crippen molar-refractivity contribution in [3.05, 3.63) is 65.0 Å². The second-order valence-electron chi connectivity index (χ2n) is 6.91. The maximum atomic E-state index is 12.9. The number of para-hydroxylation sites is 1. The summed E-state index contributed by atoms with van der Waals surface area (Å²) in [7, 11) is 1.63. The molecular weight excluding hydrogens is 390 g/mol. The number of carbonyl (C=O) groups excluding carboxylic acids is 1. The monoisotopic (exact) mass is 413 g/mol. The average Bonchev–Trinajstić information content (AvgIpc) is 3.19. The molecule has 1 heterocycles. The fraction of sp³-hybridized carbons (Fsp3) is 0.318. The fourth-order valence-corrected chi connectivity index (χ4v) is 3.28. The summed E-state index contributed by atoms with van der Waals surface area (Å²) in [6.07, 6.45) is 0.963. The van der Waals surface area contributed by atoms with Crippen molar-refractivity contribution in [2.24, 2.45) is 0 Å². The molecule has 0 fully saturated rings. The van der Waals surface area contributed by atoms with Gasteiger partial charge in [-0.25, -0.2) is 0 Å². The van der Waals surface area contributed by atoms with Gasteiger partial charge in [-0.3, -0.25) is 4.79 Å². The SMILES string of the molecule is COc1ccccc1CCC(=O)N(Cc1nnc(-c2ccccc2Cl)o1)C(C)C. The van der Waals surface area contributed by atoms with Crippen molar-refractivity contribution in [2.75, 3.05) is 7.11 Å². The molecule has 6 nitrogen and oxygen atoms in total. The van der Waals surface area contributed by atoms with Crippen LogP contribution in [0.1, 0.15) is 31.7 Å². The normalized spacial score (nSPS) is 10.9. The number of hydrogen-bond donors (Lipinski definition) is 0. The van der Waals surface area contributed by atoms with Crippen LogP contribution in [0.5, 0.6) is 5.75 Å². The molecule has 0 aliphatic rings. The van der Waals surface area contributed by atoms with Crippen LogP contribution in [0, 0.1) is 0 Å². The minimum atomic E-state index is -0.00386. The quantitative estimate of drug-likeness (QED) is 0.532. The maximum absolute atomic E-state index is 12.9. The molecule has 1 amide bonds. The van der Waals surface area contributed by atoms with Gasteiger partial charge < -0.3 is 14.1 Å². The van der Waals surface area contributed by atoms with Crippen molar-refractivity contribution >= 4 is 17.5 Å². The Morgan fingerprint density at radius 2 is 1.86 bits per heavy atom. The van der Waals surface area contributed by atoms with Gasteiger partial charge >= 0.3 is 0 Å². The van der Waals surface area contributed by atoms with Crippen LogP contribution in [-0.4, -0.2) is 34.2 Å². The topological polar surface area (TPSA) is 68.5 Å². The number of hydrogen-bond acceptors (Lipinski definition) is 5. The van der Waals surface area contributed by atoms with E-state index in [1.165, 1.54) is 0 Å². The van der Waals surface area contributed by atoms with E-state index in [1.54, 1.807) is 18.1 Å². The first-order valence-electron chi connectivity index (χ1n) is 9.48. The molecule has 0 saturated carbocycles. The summed E-state index contributed by atoms with van der Waals surface area (Å²) in [4.78, 5) is 14.6. The number of carbonyl (C=O) groups is 1. The lowest BCUT2D eigenvalue weighted by molar-refractivity contribution is -0.133. The van der Waals surface area contributed by atoms with Crippen molar-refractivity contribution in [2.45, 2.75) is 39.3 Å². The van der Waals surface area contributed by atoms with Crippen LogP contribution >= 0.6 is 11.6 Å². The van der Waals surface area contributed by atoms with Crippen molar-refractivity contribution in [3.8, 4) is 17.2 Å². The third-order valence-electron chi connectivity index (χ3n) is 4.62. The first-order chi connectivity index (χ1) is 14.0. The van der Waals surface area contributed by atoms with E-state index in [2.05, 4.69) is 10.2 Å². The van der Waals surface area contributed by atoms with E-state index in [-0.39, 0.29) is 18.5 Å². The number of halogens is 1. The Labute approximate surface area is 175 Å². The molecule has 0 atom stereocenters. The standard InChI is InChI=1S/C22H24ClN3O3/c1-15(2)26(21(27)13-12-16-8-4-7-11-19(16)28-3)14-20-24-25-22(29-20)17-9-5-6-10-18(17)23/h4-11,15H,12-14H2,1-3H3. The van der Waals surface area contributed by atoms with E-state index >= 15 is 0 Å². The molecule has 0 radical (unpaired) electrons. The molecule has 1 aromatic heterocycles. The minimum Gasteiger partial charge on any atom is -0.496 e. The van der Waals surface area contributed by atoms with Crippen LogP contribution in [0.4, 0.5) is 0 Å². The van der Waals surface area contributed by atoms with Crippen LogP contribution in [0.3, 0.4) is 0 Å². The summed E-state index contributed by atoms with van der Waals surface area (Å²) in [5.41, 5.74) is 1.68. The molecule has 0 unspecified atom stereocenters. The van der Waals surface area contributed by atoms with Crippen molar-refractivity contribution in [1.82, 2.24) is 15.1 Å². The second kappa shape index (κ2) is 9.56. The van der Waals surface area contributed by atoms with Crippen LogP contribution in [0.15, 0.2) is 52.9 Å². The van der Waals surface area contributed by atoms with Gasteiger partial charge in [0.2, 0.25) is 17.7 Å². The molecule has 0 N–H and O–H groups in total. The molecule has 0 aliphatic heterocycles. The van der Waals surface area contributed by atoms with E-state index in [4.69, 9.17) is 20.8 Å². The predicted molar refractivity (Wildman–Crippen MR) is 112 cm³/mol. The van der Waals surface area contributed by atoms with Crippen LogP contribution < -0.4 is 4.74 Å². The van der Waals surface area contributed by atoms with Gasteiger partial charge in [-0.2, -0.15) is 0 Å². The molecule has 0 bridgehead atoms. The Hall–Kier alpha value is -2.86. The van der Waals surface area contributed by atoms with Gasteiger partial charge in [0, 0.05) is 12.5 Å². The Morgan fingerprint density at radius 1 is 1.14 bits per heavy atom. The molecule has 2 aromatic carbocycles. The maximum Gasteiger partial charge on any atom is 0.249 e. The number of amides is 1. The van der Waals surface area contributed by atoms with E-state index in [0.29, 0.717) is 35.2 Å². The molecule has 29 heavy (non-hydrogen) atoms. The lowest BCUT2D eigenvalue weighted by Crippen LogP contribution is -2.36. The molecule has 0 aliphatic carbocycles. The van der Waals surface area contributed by atoms with Gasteiger partial charge in [0.25, 0.3) is 0 Å². The van der Waals surface area contributed by atoms with Crippen LogP contribution in [0.25, 0.3) is 11.5 Å². The smallest absolute Gasteiger partial charge is 0.249 e. The molecular formula is C22H24ClN3O3. The average molecular weight is 414 g/mol. The lowest BCUT2D eigenvalue weighted by atomic mass is 10.1. The van der Waals surface area contributed by atoms with Crippen molar-refractivity contribution < 1.29 is 13.9 Å². The van der Waals surface area contributed by atoms with Gasteiger partial charge in [-0.15, -0.1) is 10.2 Å². The molecule has 3 aromatic rings. The van der Waals surface area contributed by atoms with Crippen LogP contribution in [-0.2, 0) is 17.8 Å². The number of nitrogens with zero attached hydrogens (tertiary/aromatic N) is 3. The van der Waals surface area contributed by atoms with Crippen molar-refractivity contribution in [1.29, 1.82) is 0 Å². The van der Waals surface area contributed by atoms with Crippen LogP contribution in [0.2, 0.25) is 5.02 Å². The fourth-order valence-electron chi connectivity index (χ4n) is 3.06. The van der Waals surface area contributed by atoms with E-state index < -0.39 is 0 Å². The second-order valence-corrected chi connectivity index (χ2v) is 7.32. The van der Waals surface area contributed by atoms with Gasteiger partial charge in [0.1, 0.15) is 5.75 Å². The third-order valence-corrected chi connectivity index (χ3v) is 4.95. The Morgan fingerprint density at radius 3 is 2.59 bits per heavy atom. The Kier molecular flexibility index (Phi) is 6.88. The Balaban J connectivity index is 1.69. The van der Waals surface area contributed by atoms with Crippen molar-refractivity contribution in [3.63, 3.8) is 0 Å².